The van der Waals surface area contributed by atoms with Crippen molar-refractivity contribution in [3.8, 4) is 6.07 Å². The molecule has 6 heteroatoms. The molecule has 0 saturated carbocycles. The van der Waals surface area contributed by atoms with Crippen LogP contribution in [0.2, 0.25) is 10.0 Å². The summed E-state index contributed by atoms with van der Waals surface area (Å²) in [5.74, 6) is 0. The molecular weight excluding hydrogens is 349 g/mol. The maximum absolute atomic E-state index is 8.85. The molecular formula is C17H15Cl2N3S. The number of halogens is 2. The summed E-state index contributed by atoms with van der Waals surface area (Å²) in [4.78, 5) is 1.95. The number of nitrogens with one attached hydrogen (secondary N) is 1. The third-order valence-corrected chi connectivity index (χ3v) is 4.27. The predicted octanol–water partition coefficient (Wildman–Crippen LogP) is 5.11. The van der Waals surface area contributed by atoms with Gasteiger partial charge in [0.25, 0.3) is 0 Å². The van der Waals surface area contributed by atoms with Gasteiger partial charge in [-0.25, -0.2) is 0 Å². The van der Waals surface area contributed by atoms with E-state index in [1.807, 2.05) is 41.3 Å². The molecule has 2 aromatic rings. The Bertz CT molecular complexity index is 714. The standard InChI is InChI=1S/C17H15Cl2N3S/c18-15-8-7-14(11-16(15)19)21-17(23)22(10-4-9-20)12-13-5-2-1-3-6-13/h1-3,5-8,11H,4,10,12H2,(H,21,23). The Morgan fingerprint density at radius 3 is 2.52 bits per heavy atom. The fraction of sp³-hybridized carbons (Fsp3) is 0.176. The van der Waals surface area contributed by atoms with Gasteiger partial charge < -0.3 is 10.2 Å². The first-order valence-corrected chi connectivity index (χ1v) is 8.18. The smallest absolute Gasteiger partial charge is 0.173 e. The van der Waals surface area contributed by atoms with Gasteiger partial charge in [0.05, 0.1) is 22.5 Å². The first-order chi connectivity index (χ1) is 11.1. The van der Waals surface area contributed by atoms with Crippen LogP contribution in [-0.4, -0.2) is 16.6 Å². The van der Waals surface area contributed by atoms with Gasteiger partial charge in [0, 0.05) is 18.8 Å². The van der Waals surface area contributed by atoms with E-state index in [-0.39, 0.29) is 0 Å². The van der Waals surface area contributed by atoms with E-state index in [9.17, 15) is 0 Å². The quantitative estimate of drug-likeness (QED) is 0.749. The molecule has 2 aromatic carbocycles. The summed E-state index contributed by atoms with van der Waals surface area (Å²) in [6, 6.07) is 17.4. The molecule has 0 aromatic heterocycles. The molecule has 2 rings (SSSR count). The highest BCUT2D eigenvalue weighted by Gasteiger charge is 2.11. The van der Waals surface area contributed by atoms with E-state index in [1.165, 1.54) is 0 Å². The zero-order valence-corrected chi connectivity index (χ0v) is 14.6. The second-order valence-electron chi connectivity index (χ2n) is 4.87. The third kappa shape index (κ3) is 5.40. The van der Waals surface area contributed by atoms with E-state index in [2.05, 4.69) is 11.4 Å². The summed E-state index contributed by atoms with van der Waals surface area (Å²) < 4.78 is 0. The van der Waals surface area contributed by atoms with Crippen LogP contribution in [0.1, 0.15) is 12.0 Å². The van der Waals surface area contributed by atoms with Crippen molar-refractivity contribution in [3.63, 3.8) is 0 Å². The van der Waals surface area contributed by atoms with Crippen molar-refractivity contribution < 1.29 is 0 Å². The SMILES string of the molecule is N#CCCN(Cc1ccccc1)C(=S)Nc1ccc(Cl)c(Cl)c1. The van der Waals surface area contributed by atoms with Gasteiger partial charge in [-0.05, 0) is 36.0 Å². The number of anilines is 1. The number of thiocarbonyl (C=S) groups is 1. The molecule has 0 fully saturated rings. The molecule has 1 N–H and O–H groups in total. The Kier molecular flexibility index (Phi) is 6.66. The minimum atomic E-state index is 0.399. The van der Waals surface area contributed by atoms with E-state index in [0.717, 1.165) is 11.3 Å². The second-order valence-corrected chi connectivity index (χ2v) is 6.08. The summed E-state index contributed by atoms with van der Waals surface area (Å²) in [7, 11) is 0. The lowest BCUT2D eigenvalue weighted by atomic mass is 10.2. The minimum Gasteiger partial charge on any atom is -0.344 e. The van der Waals surface area contributed by atoms with Crippen molar-refractivity contribution in [1.29, 1.82) is 5.26 Å². The van der Waals surface area contributed by atoms with Crippen LogP contribution in [0.25, 0.3) is 0 Å². The minimum absolute atomic E-state index is 0.399. The molecule has 0 aliphatic rings. The maximum atomic E-state index is 8.85. The van der Waals surface area contributed by atoms with Crippen LogP contribution in [0.15, 0.2) is 48.5 Å². The van der Waals surface area contributed by atoms with Crippen LogP contribution in [0.3, 0.4) is 0 Å². The van der Waals surface area contributed by atoms with Gasteiger partial charge in [-0.3, -0.25) is 0 Å². The summed E-state index contributed by atoms with van der Waals surface area (Å²) in [5, 5.41) is 13.5. The normalized spacial score (nSPS) is 9.96. The maximum Gasteiger partial charge on any atom is 0.173 e. The van der Waals surface area contributed by atoms with Gasteiger partial charge in [-0.15, -0.1) is 0 Å². The topological polar surface area (TPSA) is 39.1 Å². The van der Waals surface area contributed by atoms with Crippen LogP contribution < -0.4 is 5.32 Å². The Morgan fingerprint density at radius 2 is 1.87 bits per heavy atom. The van der Waals surface area contributed by atoms with E-state index < -0.39 is 0 Å². The Balaban J connectivity index is 2.09. The molecule has 0 heterocycles. The van der Waals surface area contributed by atoms with Crippen molar-refractivity contribution in [2.24, 2.45) is 0 Å². The van der Waals surface area contributed by atoms with Crippen molar-refractivity contribution >= 4 is 46.2 Å². The third-order valence-electron chi connectivity index (χ3n) is 3.17. The summed E-state index contributed by atoms with van der Waals surface area (Å²) in [6.45, 7) is 1.19. The van der Waals surface area contributed by atoms with Gasteiger partial charge in [0.15, 0.2) is 5.11 Å². The molecule has 23 heavy (non-hydrogen) atoms. The molecule has 0 unspecified atom stereocenters. The van der Waals surface area contributed by atoms with E-state index in [0.29, 0.717) is 34.7 Å². The fourth-order valence-corrected chi connectivity index (χ4v) is 2.59. The van der Waals surface area contributed by atoms with Crippen LogP contribution >= 0.6 is 35.4 Å². The van der Waals surface area contributed by atoms with Crippen LogP contribution in [0.5, 0.6) is 0 Å². The molecule has 0 atom stereocenters. The van der Waals surface area contributed by atoms with E-state index in [1.54, 1.807) is 12.1 Å². The van der Waals surface area contributed by atoms with Crippen molar-refractivity contribution in [3.05, 3.63) is 64.1 Å². The average Bonchev–Trinajstić information content (AvgIpc) is 2.55. The first-order valence-electron chi connectivity index (χ1n) is 7.02. The van der Waals surface area contributed by atoms with Gasteiger partial charge in [-0.2, -0.15) is 5.26 Å². The number of rotatable bonds is 5. The van der Waals surface area contributed by atoms with Gasteiger partial charge in [0.2, 0.25) is 0 Å². The number of hydrogen-bond acceptors (Lipinski definition) is 2. The van der Waals surface area contributed by atoms with Gasteiger partial charge in [-0.1, -0.05) is 53.5 Å². The Hall–Kier alpha value is -1.80. The predicted molar refractivity (Wildman–Crippen MR) is 99.8 cm³/mol. The lowest BCUT2D eigenvalue weighted by Crippen LogP contribution is -2.35. The van der Waals surface area contributed by atoms with Gasteiger partial charge in [0.1, 0.15) is 0 Å². The van der Waals surface area contributed by atoms with Crippen molar-refractivity contribution in [1.82, 2.24) is 4.90 Å². The lowest BCUT2D eigenvalue weighted by molar-refractivity contribution is 0.428. The lowest BCUT2D eigenvalue weighted by Gasteiger charge is -2.25. The number of benzene rings is 2. The van der Waals surface area contributed by atoms with Crippen LogP contribution in [0.4, 0.5) is 5.69 Å². The second kappa shape index (κ2) is 8.73. The van der Waals surface area contributed by atoms with E-state index in [4.69, 9.17) is 40.7 Å². The monoisotopic (exact) mass is 363 g/mol. The molecule has 0 aliphatic heterocycles. The Morgan fingerprint density at radius 1 is 1.13 bits per heavy atom. The number of nitrogens with zero attached hydrogens (tertiary/aromatic N) is 2. The van der Waals surface area contributed by atoms with Crippen molar-refractivity contribution in [2.75, 3.05) is 11.9 Å². The van der Waals surface area contributed by atoms with Crippen LogP contribution in [0, 0.1) is 11.3 Å². The fourth-order valence-electron chi connectivity index (χ4n) is 2.02. The highest BCUT2D eigenvalue weighted by molar-refractivity contribution is 7.80. The summed E-state index contributed by atoms with van der Waals surface area (Å²) in [5.41, 5.74) is 1.89. The molecule has 118 valence electrons. The molecule has 3 nitrogen and oxygen atoms in total. The van der Waals surface area contributed by atoms with Gasteiger partial charge >= 0.3 is 0 Å². The largest absolute Gasteiger partial charge is 0.344 e. The number of nitriles is 1. The zero-order valence-electron chi connectivity index (χ0n) is 12.3. The molecule has 0 radical (unpaired) electrons. The molecule has 0 amide bonds. The number of hydrogen-bond donors (Lipinski definition) is 1. The van der Waals surface area contributed by atoms with Crippen molar-refractivity contribution in [2.45, 2.75) is 13.0 Å². The highest BCUT2D eigenvalue weighted by atomic mass is 35.5. The molecule has 0 saturated heterocycles. The molecule has 0 aliphatic carbocycles. The molecule has 0 spiro atoms. The average molecular weight is 364 g/mol. The van der Waals surface area contributed by atoms with E-state index >= 15 is 0 Å². The zero-order chi connectivity index (χ0) is 16.7. The summed E-state index contributed by atoms with van der Waals surface area (Å²) in [6.07, 6.45) is 0.399. The molecule has 0 bridgehead atoms. The highest BCUT2D eigenvalue weighted by Crippen LogP contribution is 2.25. The van der Waals surface area contributed by atoms with Crippen LogP contribution in [-0.2, 0) is 6.54 Å². The first kappa shape index (κ1) is 17.6. The summed E-state index contributed by atoms with van der Waals surface area (Å²) >= 11 is 17.4. The Labute approximate surface area is 151 Å².